The molecule has 1 aromatic carbocycles. The van der Waals surface area contributed by atoms with Crippen molar-refractivity contribution < 1.29 is 0 Å². The van der Waals surface area contributed by atoms with E-state index in [2.05, 4.69) is 45.3 Å². The molecule has 0 amide bonds. The summed E-state index contributed by atoms with van der Waals surface area (Å²) in [6.07, 6.45) is 8.41. The molecule has 1 aliphatic carbocycles. The van der Waals surface area contributed by atoms with Crippen LogP contribution in [-0.2, 0) is 0 Å². The van der Waals surface area contributed by atoms with Gasteiger partial charge in [0.1, 0.15) is 5.82 Å². The molecule has 0 bridgehead atoms. The molecule has 1 fully saturated rings. The molecule has 0 saturated carbocycles. The standard InChI is InChI=1S/C23H25ClN6/c1-14-23-19-8-2-15(16-3-9-22(25)26-13-16)12-20(19)21(10-11-30(23)29-28-14)27-18-6-4-17(24)5-7-18/h2-7,9,12-13,19,21,27-29H,8,10-11H2,1H3,(H2,25,26). The normalized spacial score (nSPS) is 23.1. The number of pyridine rings is 1. The molecule has 2 unspecified atom stereocenters. The van der Waals surface area contributed by atoms with Gasteiger partial charge in [0.25, 0.3) is 0 Å². The van der Waals surface area contributed by atoms with Crippen LogP contribution in [0.4, 0.5) is 11.5 Å². The monoisotopic (exact) mass is 420 g/mol. The molecule has 7 heteroatoms. The number of nitrogen functional groups attached to an aromatic ring is 1. The van der Waals surface area contributed by atoms with Gasteiger partial charge in [-0.2, -0.15) is 0 Å². The van der Waals surface area contributed by atoms with E-state index in [-0.39, 0.29) is 6.04 Å². The molecule has 3 heterocycles. The van der Waals surface area contributed by atoms with Gasteiger partial charge in [0.2, 0.25) is 0 Å². The number of hydrogen-bond donors (Lipinski definition) is 4. The summed E-state index contributed by atoms with van der Waals surface area (Å²) in [5, 5.41) is 6.74. The molecule has 0 spiro atoms. The average Bonchev–Trinajstić information content (AvgIpc) is 3.05. The number of benzene rings is 1. The molecular formula is C23H25ClN6. The van der Waals surface area contributed by atoms with Gasteiger partial charge in [0.05, 0.1) is 11.7 Å². The van der Waals surface area contributed by atoms with E-state index in [1.807, 2.05) is 42.6 Å². The van der Waals surface area contributed by atoms with Crippen LogP contribution in [0.2, 0.25) is 5.02 Å². The van der Waals surface area contributed by atoms with Crippen LogP contribution in [-0.4, -0.2) is 22.6 Å². The van der Waals surface area contributed by atoms with Crippen LogP contribution >= 0.6 is 11.6 Å². The summed E-state index contributed by atoms with van der Waals surface area (Å²) in [5.74, 6) is 0.849. The fourth-order valence-electron chi connectivity index (χ4n) is 4.54. The summed E-state index contributed by atoms with van der Waals surface area (Å²) in [7, 11) is 0. The van der Waals surface area contributed by atoms with Gasteiger partial charge < -0.3 is 16.5 Å². The van der Waals surface area contributed by atoms with Crippen molar-refractivity contribution >= 4 is 28.7 Å². The van der Waals surface area contributed by atoms with Gasteiger partial charge in [-0.15, -0.1) is 5.53 Å². The fourth-order valence-corrected chi connectivity index (χ4v) is 4.67. The van der Waals surface area contributed by atoms with Gasteiger partial charge in [-0.25, -0.2) is 4.98 Å². The molecule has 1 aromatic heterocycles. The Kier molecular flexibility index (Phi) is 4.89. The highest BCUT2D eigenvalue weighted by molar-refractivity contribution is 6.30. The first-order chi connectivity index (χ1) is 14.6. The highest BCUT2D eigenvalue weighted by Gasteiger charge is 2.37. The summed E-state index contributed by atoms with van der Waals surface area (Å²) < 4.78 is 0. The summed E-state index contributed by atoms with van der Waals surface area (Å²) in [6.45, 7) is 3.05. The van der Waals surface area contributed by atoms with Crippen molar-refractivity contribution in [3.05, 3.63) is 82.3 Å². The maximum absolute atomic E-state index is 6.08. The predicted molar refractivity (Wildman–Crippen MR) is 122 cm³/mol. The Morgan fingerprint density at radius 2 is 2.03 bits per heavy atom. The van der Waals surface area contributed by atoms with Crippen molar-refractivity contribution in [2.24, 2.45) is 5.92 Å². The number of rotatable bonds is 3. The molecule has 5 rings (SSSR count). The smallest absolute Gasteiger partial charge is 0.123 e. The highest BCUT2D eigenvalue weighted by Crippen LogP contribution is 2.41. The van der Waals surface area contributed by atoms with Crippen LogP contribution in [0.15, 0.2) is 71.7 Å². The quantitative estimate of drug-likeness (QED) is 0.599. The van der Waals surface area contributed by atoms with Crippen LogP contribution in [0, 0.1) is 5.92 Å². The number of hydrogen-bond acceptors (Lipinski definition) is 6. The van der Waals surface area contributed by atoms with E-state index in [0.717, 1.165) is 35.7 Å². The zero-order valence-electron chi connectivity index (χ0n) is 16.8. The fraction of sp³-hybridized carbons (Fsp3) is 0.261. The van der Waals surface area contributed by atoms with Crippen molar-refractivity contribution in [2.45, 2.75) is 25.8 Å². The number of halogens is 1. The first-order valence-corrected chi connectivity index (χ1v) is 10.6. The molecule has 154 valence electrons. The van der Waals surface area contributed by atoms with E-state index in [9.17, 15) is 0 Å². The maximum Gasteiger partial charge on any atom is 0.123 e. The second-order valence-electron chi connectivity index (χ2n) is 7.96. The lowest BCUT2D eigenvalue weighted by molar-refractivity contribution is 0.240. The van der Waals surface area contributed by atoms with Crippen molar-refractivity contribution in [3.8, 4) is 0 Å². The molecule has 6 nitrogen and oxygen atoms in total. The van der Waals surface area contributed by atoms with Crippen LogP contribution in [0.25, 0.3) is 5.57 Å². The topological polar surface area (TPSA) is 78.2 Å². The molecule has 2 aliphatic heterocycles. The van der Waals surface area contributed by atoms with E-state index in [1.54, 1.807) is 0 Å². The third-order valence-corrected chi connectivity index (χ3v) is 6.28. The van der Waals surface area contributed by atoms with Crippen molar-refractivity contribution in [1.29, 1.82) is 0 Å². The van der Waals surface area contributed by atoms with Gasteiger partial charge in [-0.3, -0.25) is 5.01 Å². The molecular weight excluding hydrogens is 396 g/mol. The largest absolute Gasteiger partial charge is 0.384 e. The third kappa shape index (κ3) is 3.53. The molecule has 2 aromatic rings. The number of allylic oxidation sites excluding steroid dienone is 5. The first kappa shape index (κ1) is 19.0. The minimum absolute atomic E-state index is 0.217. The predicted octanol–water partition coefficient (Wildman–Crippen LogP) is 4.09. The van der Waals surface area contributed by atoms with E-state index < -0.39 is 0 Å². The van der Waals surface area contributed by atoms with Crippen molar-refractivity contribution in [1.82, 2.24) is 21.0 Å². The van der Waals surface area contributed by atoms with Crippen molar-refractivity contribution in [2.75, 3.05) is 17.6 Å². The molecule has 2 atom stereocenters. The number of nitrogens with two attached hydrogens (primary N) is 1. The lowest BCUT2D eigenvalue weighted by Crippen LogP contribution is -2.39. The Hall–Kier alpha value is -2.96. The molecule has 3 aliphatic rings. The average molecular weight is 421 g/mol. The summed E-state index contributed by atoms with van der Waals surface area (Å²) in [6, 6.07) is 12.0. The summed E-state index contributed by atoms with van der Waals surface area (Å²) in [5.41, 5.74) is 19.7. The molecule has 5 N–H and O–H groups in total. The lowest BCUT2D eigenvalue weighted by atomic mass is 9.80. The Morgan fingerprint density at radius 3 is 2.80 bits per heavy atom. The van der Waals surface area contributed by atoms with Gasteiger partial charge >= 0.3 is 0 Å². The Bertz CT molecular complexity index is 1040. The summed E-state index contributed by atoms with van der Waals surface area (Å²) in [4.78, 5) is 4.28. The lowest BCUT2D eigenvalue weighted by Gasteiger charge is -2.30. The zero-order valence-corrected chi connectivity index (χ0v) is 17.6. The Labute approximate surface area is 181 Å². The summed E-state index contributed by atoms with van der Waals surface area (Å²) >= 11 is 6.08. The maximum atomic E-state index is 6.08. The Balaban J connectivity index is 1.53. The van der Waals surface area contributed by atoms with Gasteiger partial charge in [-0.1, -0.05) is 23.8 Å². The van der Waals surface area contributed by atoms with E-state index in [0.29, 0.717) is 11.7 Å². The number of fused-ring (bicyclic) bond motifs is 3. The number of nitrogens with one attached hydrogen (secondary N) is 3. The molecule has 1 saturated heterocycles. The number of anilines is 2. The zero-order chi connectivity index (χ0) is 20.7. The van der Waals surface area contributed by atoms with Crippen LogP contribution in [0.5, 0.6) is 0 Å². The second kappa shape index (κ2) is 7.70. The minimum atomic E-state index is 0.217. The SMILES string of the molecule is CC1=C2C3CC=C(c4ccc(N)nc4)C=C3C(Nc3ccc(Cl)cc3)CCN2NN1. The third-order valence-electron chi connectivity index (χ3n) is 6.03. The van der Waals surface area contributed by atoms with Crippen LogP contribution in [0.1, 0.15) is 25.3 Å². The molecule has 0 radical (unpaired) electrons. The second-order valence-corrected chi connectivity index (χ2v) is 8.39. The van der Waals surface area contributed by atoms with Gasteiger partial charge in [0.15, 0.2) is 0 Å². The highest BCUT2D eigenvalue weighted by atomic mass is 35.5. The van der Waals surface area contributed by atoms with Crippen LogP contribution < -0.4 is 22.0 Å². The van der Waals surface area contributed by atoms with Gasteiger partial charge in [0, 0.05) is 35.1 Å². The Morgan fingerprint density at radius 1 is 1.20 bits per heavy atom. The van der Waals surface area contributed by atoms with Crippen LogP contribution in [0.3, 0.4) is 0 Å². The number of aromatic nitrogens is 1. The number of hydrazine groups is 2. The first-order valence-electron chi connectivity index (χ1n) is 10.2. The van der Waals surface area contributed by atoms with Crippen molar-refractivity contribution in [3.63, 3.8) is 0 Å². The van der Waals surface area contributed by atoms with E-state index in [1.165, 1.54) is 22.5 Å². The van der Waals surface area contributed by atoms with E-state index in [4.69, 9.17) is 17.3 Å². The number of nitrogens with zero attached hydrogens (tertiary/aromatic N) is 2. The van der Waals surface area contributed by atoms with Gasteiger partial charge in [-0.05, 0) is 72.9 Å². The van der Waals surface area contributed by atoms with E-state index >= 15 is 0 Å². The minimum Gasteiger partial charge on any atom is -0.384 e. The molecule has 30 heavy (non-hydrogen) atoms.